The molecule has 1 N–H and O–H groups in total. The number of methoxy groups -OCH3 is 1. The molecule has 20 heavy (non-hydrogen) atoms. The van der Waals surface area contributed by atoms with E-state index < -0.39 is 0 Å². The number of benzene rings is 1. The summed E-state index contributed by atoms with van der Waals surface area (Å²) in [4.78, 5) is 2.40. The highest BCUT2D eigenvalue weighted by Crippen LogP contribution is 2.25. The molecule has 5 heteroatoms. The summed E-state index contributed by atoms with van der Waals surface area (Å²) in [7, 11) is 3.85. The number of ether oxygens (including phenoxy) is 2. The molecule has 0 amide bonds. The smallest absolute Gasteiger partial charge is 0.161 e. The second-order valence-corrected chi connectivity index (χ2v) is 4.96. The van der Waals surface area contributed by atoms with Crippen LogP contribution < -0.4 is 14.8 Å². The number of para-hydroxylation sites is 2. The summed E-state index contributed by atoms with van der Waals surface area (Å²) < 4.78 is 11.1. The van der Waals surface area contributed by atoms with Gasteiger partial charge in [-0.05, 0) is 45.1 Å². The first-order valence-electron chi connectivity index (χ1n) is 6.98. The summed E-state index contributed by atoms with van der Waals surface area (Å²) in [6, 6.07) is 8.47. The van der Waals surface area contributed by atoms with Crippen molar-refractivity contribution in [3.8, 4) is 11.5 Å². The highest BCUT2D eigenvalue weighted by atomic mass is 35.5. The molecule has 0 saturated carbocycles. The highest BCUT2D eigenvalue weighted by Gasteiger charge is 2.17. The fourth-order valence-corrected chi connectivity index (χ4v) is 2.47. The second-order valence-electron chi connectivity index (χ2n) is 4.96. The van der Waals surface area contributed by atoms with Crippen LogP contribution in [0.3, 0.4) is 0 Å². The second kappa shape index (κ2) is 9.06. The molecule has 0 aromatic heterocycles. The van der Waals surface area contributed by atoms with Crippen molar-refractivity contribution in [2.45, 2.75) is 18.9 Å². The molecule has 114 valence electrons. The number of piperidine rings is 1. The molecule has 1 fully saturated rings. The van der Waals surface area contributed by atoms with Gasteiger partial charge in [0.25, 0.3) is 0 Å². The summed E-state index contributed by atoms with van der Waals surface area (Å²) in [6.07, 6.45) is 2.45. The Bertz CT molecular complexity index is 384. The minimum atomic E-state index is 0. The molecule has 0 radical (unpaired) electrons. The molecule has 0 atom stereocenters. The van der Waals surface area contributed by atoms with Crippen molar-refractivity contribution >= 4 is 12.4 Å². The average Bonchev–Trinajstić information content (AvgIpc) is 2.48. The number of hydrogen-bond acceptors (Lipinski definition) is 4. The van der Waals surface area contributed by atoms with E-state index in [0.717, 1.165) is 31.1 Å². The molecule has 1 aliphatic heterocycles. The molecule has 1 heterocycles. The average molecular weight is 301 g/mol. The first-order chi connectivity index (χ1) is 9.31. The lowest BCUT2D eigenvalue weighted by Crippen LogP contribution is -2.42. The fraction of sp³-hybridized carbons (Fsp3) is 0.600. The summed E-state index contributed by atoms with van der Waals surface area (Å²) in [5.74, 6) is 1.62. The third-order valence-electron chi connectivity index (χ3n) is 3.70. The first-order valence-corrected chi connectivity index (χ1v) is 6.98. The lowest BCUT2D eigenvalue weighted by molar-refractivity contribution is 0.163. The third kappa shape index (κ3) is 4.85. The van der Waals surface area contributed by atoms with Crippen LogP contribution in [0.2, 0.25) is 0 Å². The quantitative estimate of drug-likeness (QED) is 0.873. The molecule has 1 aromatic carbocycles. The van der Waals surface area contributed by atoms with Gasteiger partial charge in [0, 0.05) is 12.6 Å². The van der Waals surface area contributed by atoms with E-state index in [-0.39, 0.29) is 12.4 Å². The van der Waals surface area contributed by atoms with Crippen molar-refractivity contribution in [1.82, 2.24) is 10.2 Å². The highest BCUT2D eigenvalue weighted by molar-refractivity contribution is 5.85. The normalized spacial score (nSPS) is 15.8. The number of likely N-dealkylation sites (N-methyl/N-ethyl adjacent to an activating group) is 1. The van der Waals surface area contributed by atoms with Gasteiger partial charge in [-0.25, -0.2) is 0 Å². The molecule has 1 aromatic rings. The molecule has 0 bridgehead atoms. The number of halogens is 1. The number of hydrogen-bond donors (Lipinski definition) is 1. The minimum absolute atomic E-state index is 0. The lowest BCUT2D eigenvalue weighted by atomic mass is 10.1. The van der Waals surface area contributed by atoms with Crippen molar-refractivity contribution in [1.29, 1.82) is 0 Å². The van der Waals surface area contributed by atoms with Gasteiger partial charge in [-0.3, -0.25) is 4.90 Å². The molecule has 4 nitrogen and oxygen atoms in total. The first kappa shape index (κ1) is 17.1. The largest absolute Gasteiger partial charge is 0.493 e. The zero-order chi connectivity index (χ0) is 13.5. The van der Waals surface area contributed by atoms with Gasteiger partial charge < -0.3 is 14.8 Å². The Labute approximate surface area is 127 Å². The van der Waals surface area contributed by atoms with E-state index in [9.17, 15) is 0 Å². The van der Waals surface area contributed by atoms with Crippen molar-refractivity contribution in [3.05, 3.63) is 24.3 Å². The molecular formula is C15H25ClN2O2. The van der Waals surface area contributed by atoms with E-state index in [2.05, 4.69) is 17.3 Å². The molecule has 2 rings (SSSR count). The van der Waals surface area contributed by atoms with Crippen LogP contribution in [-0.2, 0) is 0 Å². The Morgan fingerprint density at radius 2 is 1.85 bits per heavy atom. The SMILES string of the molecule is COc1ccccc1OCCN(C)C1CCNCC1.Cl. The Hall–Kier alpha value is -0.970. The monoisotopic (exact) mass is 300 g/mol. The topological polar surface area (TPSA) is 33.7 Å². The third-order valence-corrected chi connectivity index (χ3v) is 3.70. The zero-order valence-corrected chi connectivity index (χ0v) is 13.1. The maximum Gasteiger partial charge on any atom is 0.161 e. The van der Waals surface area contributed by atoms with E-state index in [4.69, 9.17) is 9.47 Å². The van der Waals surface area contributed by atoms with Crippen molar-refractivity contribution in [2.75, 3.05) is 40.4 Å². The van der Waals surface area contributed by atoms with Gasteiger partial charge >= 0.3 is 0 Å². The van der Waals surface area contributed by atoms with Crippen LogP contribution in [0.15, 0.2) is 24.3 Å². The Balaban J connectivity index is 0.00000200. The summed E-state index contributed by atoms with van der Waals surface area (Å²) in [6.45, 7) is 3.90. The number of nitrogens with one attached hydrogen (secondary N) is 1. The van der Waals surface area contributed by atoms with Gasteiger partial charge in [-0.2, -0.15) is 0 Å². The Kier molecular flexibility index (Phi) is 7.73. The van der Waals surface area contributed by atoms with Gasteiger partial charge in [0.2, 0.25) is 0 Å². The zero-order valence-electron chi connectivity index (χ0n) is 12.3. The van der Waals surface area contributed by atoms with Crippen molar-refractivity contribution < 1.29 is 9.47 Å². The maximum absolute atomic E-state index is 5.81. The van der Waals surface area contributed by atoms with Gasteiger partial charge in [-0.1, -0.05) is 12.1 Å². The standard InChI is InChI=1S/C15H24N2O2.ClH/c1-17(13-7-9-16-10-8-13)11-12-19-15-6-4-3-5-14(15)18-2;/h3-6,13,16H,7-12H2,1-2H3;1H. The van der Waals surface area contributed by atoms with Gasteiger partial charge in [-0.15, -0.1) is 12.4 Å². The summed E-state index contributed by atoms with van der Waals surface area (Å²) in [5, 5.41) is 3.39. The van der Waals surface area contributed by atoms with E-state index in [1.165, 1.54) is 12.8 Å². The van der Waals surface area contributed by atoms with Crippen LogP contribution in [-0.4, -0.2) is 51.3 Å². The predicted molar refractivity (Wildman–Crippen MR) is 84.3 cm³/mol. The van der Waals surface area contributed by atoms with E-state index in [0.29, 0.717) is 12.6 Å². The van der Waals surface area contributed by atoms with Crippen LogP contribution in [0.4, 0.5) is 0 Å². The van der Waals surface area contributed by atoms with Gasteiger partial charge in [0.15, 0.2) is 11.5 Å². The fourth-order valence-electron chi connectivity index (χ4n) is 2.47. The number of rotatable bonds is 6. The van der Waals surface area contributed by atoms with Crippen LogP contribution in [0.25, 0.3) is 0 Å². The molecule has 0 unspecified atom stereocenters. The van der Waals surface area contributed by atoms with Gasteiger partial charge in [0.1, 0.15) is 6.61 Å². The molecule has 1 saturated heterocycles. The summed E-state index contributed by atoms with van der Waals surface area (Å²) >= 11 is 0. The van der Waals surface area contributed by atoms with Crippen LogP contribution >= 0.6 is 12.4 Å². The molecule has 1 aliphatic rings. The van der Waals surface area contributed by atoms with Crippen LogP contribution in [0.1, 0.15) is 12.8 Å². The van der Waals surface area contributed by atoms with Crippen LogP contribution in [0, 0.1) is 0 Å². The molecule has 0 spiro atoms. The molecule has 0 aliphatic carbocycles. The molecular weight excluding hydrogens is 276 g/mol. The predicted octanol–water partition coefficient (Wildman–Crippen LogP) is 2.18. The van der Waals surface area contributed by atoms with Crippen molar-refractivity contribution in [2.24, 2.45) is 0 Å². The van der Waals surface area contributed by atoms with E-state index >= 15 is 0 Å². The summed E-state index contributed by atoms with van der Waals surface area (Å²) in [5.41, 5.74) is 0. The van der Waals surface area contributed by atoms with Crippen molar-refractivity contribution in [3.63, 3.8) is 0 Å². The Morgan fingerprint density at radius 1 is 1.20 bits per heavy atom. The van der Waals surface area contributed by atoms with E-state index in [1.54, 1.807) is 7.11 Å². The lowest BCUT2D eigenvalue weighted by Gasteiger charge is -2.31. The minimum Gasteiger partial charge on any atom is -0.493 e. The van der Waals surface area contributed by atoms with Crippen LogP contribution in [0.5, 0.6) is 11.5 Å². The Morgan fingerprint density at radius 3 is 2.50 bits per heavy atom. The van der Waals surface area contributed by atoms with Gasteiger partial charge in [0.05, 0.1) is 7.11 Å². The number of nitrogens with zero attached hydrogens (tertiary/aromatic N) is 1. The van der Waals surface area contributed by atoms with E-state index in [1.807, 2.05) is 24.3 Å². The maximum atomic E-state index is 5.81.